The fraction of sp³-hybridized carbons (Fsp3) is 0.391. The SMILES string of the molecule is COc1ccc(N(CC(=O)NCC2CCCO2)C(=O)CCC(=O)Nc2ccccn2)cc1. The van der Waals surface area contributed by atoms with E-state index in [0.29, 0.717) is 30.4 Å². The van der Waals surface area contributed by atoms with Crippen molar-refractivity contribution in [2.24, 2.45) is 0 Å². The first-order valence-corrected chi connectivity index (χ1v) is 10.6. The van der Waals surface area contributed by atoms with Crippen molar-refractivity contribution in [3.63, 3.8) is 0 Å². The molecule has 1 atom stereocenters. The predicted octanol–water partition coefficient (Wildman–Crippen LogP) is 2.14. The minimum absolute atomic E-state index is 0.0133. The van der Waals surface area contributed by atoms with Crippen molar-refractivity contribution < 1.29 is 23.9 Å². The highest BCUT2D eigenvalue weighted by molar-refractivity contribution is 6.01. The fourth-order valence-corrected chi connectivity index (χ4v) is 3.32. The molecule has 32 heavy (non-hydrogen) atoms. The van der Waals surface area contributed by atoms with Crippen LogP contribution in [-0.4, -0.2) is 55.6 Å². The third kappa shape index (κ3) is 7.05. The Morgan fingerprint density at radius 1 is 1.12 bits per heavy atom. The average Bonchev–Trinajstić information content (AvgIpc) is 3.34. The summed E-state index contributed by atoms with van der Waals surface area (Å²) >= 11 is 0. The third-order valence-electron chi connectivity index (χ3n) is 5.04. The lowest BCUT2D eigenvalue weighted by Gasteiger charge is -2.23. The number of carbonyl (C=O) groups excluding carboxylic acids is 3. The summed E-state index contributed by atoms with van der Waals surface area (Å²) in [6.45, 7) is 0.966. The summed E-state index contributed by atoms with van der Waals surface area (Å²) in [5.74, 6) is 0.111. The molecule has 9 nitrogen and oxygen atoms in total. The Bertz CT molecular complexity index is 898. The number of pyridine rings is 1. The van der Waals surface area contributed by atoms with Crippen LogP contribution in [0, 0.1) is 0 Å². The molecule has 9 heteroatoms. The van der Waals surface area contributed by atoms with E-state index < -0.39 is 0 Å². The van der Waals surface area contributed by atoms with Gasteiger partial charge in [-0.2, -0.15) is 0 Å². The molecule has 1 saturated heterocycles. The number of nitrogens with one attached hydrogen (secondary N) is 2. The van der Waals surface area contributed by atoms with Gasteiger partial charge in [0.05, 0.1) is 13.2 Å². The van der Waals surface area contributed by atoms with Gasteiger partial charge in [0.1, 0.15) is 18.1 Å². The summed E-state index contributed by atoms with van der Waals surface area (Å²) in [4.78, 5) is 43.1. The van der Waals surface area contributed by atoms with Gasteiger partial charge in [0.2, 0.25) is 17.7 Å². The predicted molar refractivity (Wildman–Crippen MR) is 119 cm³/mol. The highest BCUT2D eigenvalue weighted by Gasteiger charge is 2.22. The molecule has 3 amide bonds. The van der Waals surface area contributed by atoms with Crippen molar-refractivity contribution in [3.05, 3.63) is 48.7 Å². The molecule has 1 aromatic heterocycles. The van der Waals surface area contributed by atoms with E-state index in [2.05, 4.69) is 15.6 Å². The maximum atomic E-state index is 12.9. The van der Waals surface area contributed by atoms with Crippen molar-refractivity contribution >= 4 is 29.2 Å². The monoisotopic (exact) mass is 440 g/mol. The van der Waals surface area contributed by atoms with Gasteiger partial charge in [-0.15, -0.1) is 0 Å². The number of methoxy groups -OCH3 is 1. The number of aromatic nitrogens is 1. The first kappa shape index (κ1) is 23.2. The molecular weight excluding hydrogens is 412 g/mol. The van der Waals surface area contributed by atoms with E-state index in [1.54, 1.807) is 55.8 Å². The Morgan fingerprint density at radius 3 is 2.59 bits per heavy atom. The van der Waals surface area contributed by atoms with E-state index in [4.69, 9.17) is 9.47 Å². The van der Waals surface area contributed by atoms with Crippen LogP contribution in [0.15, 0.2) is 48.7 Å². The van der Waals surface area contributed by atoms with E-state index in [1.165, 1.54) is 4.90 Å². The van der Waals surface area contributed by atoms with E-state index in [9.17, 15) is 14.4 Å². The molecule has 0 aliphatic carbocycles. The first-order chi connectivity index (χ1) is 15.5. The van der Waals surface area contributed by atoms with Crippen molar-refractivity contribution in [2.75, 3.05) is 37.0 Å². The third-order valence-corrected chi connectivity index (χ3v) is 5.04. The normalized spacial score (nSPS) is 15.1. The number of ether oxygens (including phenoxy) is 2. The van der Waals surface area contributed by atoms with Crippen LogP contribution < -0.4 is 20.3 Å². The van der Waals surface area contributed by atoms with Crippen molar-refractivity contribution in [1.29, 1.82) is 0 Å². The van der Waals surface area contributed by atoms with Crippen LogP contribution in [0.1, 0.15) is 25.7 Å². The average molecular weight is 441 g/mol. The van der Waals surface area contributed by atoms with Gasteiger partial charge in [0, 0.05) is 37.9 Å². The number of hydrogen-bond acceptors (Lipinski definition) is 6. The highest BCUT2D eigenvalue weighted by Crippen LogP contribution is 2.20. The van der Waals surface area contributed by atoms with Crippen LogP contribution in [0.4, 0.5) is 11.5 Å². The molecule has 0 radical (unpaired) electrons. The van der Waals surface area contributed by atoms with Gasteiger partial charge < -0.3 is 25.0 Å². The van der Waals surface area contributed by atoms with Crippen LogP contribution in [0.5, 0.6) is 5.75 Å². The number of rotatable bonds is 10. The smallest absolute Gasteiger partial charge is 0.240 e. The molecule has 2 aromatic rings. The summed E-state index contributed by atoms with van der Waals surface area (Å²) in [5.41, 5.74) is 0.549. The number of amides is 3. The molecule has 2 heterocycles. The Kier molecular flexibility index (Phi) is 8.56. The van der Waals surface area contributed by atoms with E-state index in [0.717, 1.165) is 12.8 Å². The Balaban J connectivity index is 1.60. The Hall–Kier alpha value is -3.46. The molecule has 0 saturated carbocycles. The lowest BCUT2D eigenvalue weighted by molar-refractivity contribution is -0.125. The second-order valence-corrected chi connectivity index (χ2v) is 7.38. The van der Waals surface area contributed by atoms with E-state index in [1.807, 2.05) is 0 Å². The number of carbonyl (C=O) groups is 3. The second kappa shape index (κ2) is 11.8. The van der Waals surface area contributed by atoms with Gasteiger partial charge in [-0.1, -0.05) is 6.07 Å². The zero-order chi connectivity index (χ0) is 22.8. The van der Waals surface area contributed by atoms with Gasteiger partial charge in [0.15, 0.2) is 0 Å². The summed E-state index contributed by atoms with van der Waals surface area (Å²) in [5, 5.41) is 5.48. The fourth-order valence-electron chi connectivity index (χ4n) is 3.32. The molecule has 1 aliphatic heterocycles. The van der Waals surface area contributed by atoms with Crippen LogP contribution in [0.25, 0.3) is 0 Å². The van der Waals surface area contributed by atoms with Gasteiger partial charge in [-0.05, 0) is 49.2 Å². The maximum absolute atomic E-state index is 12.9. The quantitative estimate of drug-likeness (QED) is 0.586. The zero-order valence-corrected chi connectivity index (χ0v) is 18.1. The van der Waals surface area contributed by atoms with Gasteiger partial charge in [-0.25, -0.2) is 4.98 Å². The van der Waals surface area contributed by atoms with Crippen LogP contribution >= 0.6 is 0 Å². The Morgan fingerprint density at radius 2 is 1.94 bits per heavy atom. The summed E-state index contributed by atoms with van der Waals surface area (Å²) < 4.78 is 10.7. The first-order valence-electron chi connectivity index (χ1n) is 10.6. The van der Waals surface area contributed by atoms with Crippen LogP contribution in [0.2, 0.25) is 0 Å². The molecule has 0 spiro atoms. The number of nitrogens with zero attached hydrogens (tertiary/aromatic N) is 2. The molecule has 1 fully saturated rings. The molecule has 3 rings (SSSR count). The standard InChI is InChI=1S/C23H28N4O5/c1-31-18-9-7-17(8-10-18)27(16-22(29)25-15-19-5-4-14-32-19)23(30)12-11-21(28)26-20-6-2-3-13-24-20/h2-3,6-10,13,19H,4-5,11-12,14-16H2,1H3,(H,25,29)(H,24,26,28). The van der Waals surface area contributed by atoms with Gasteiger partial charge in [-0.3, -0.25) is 14.4 Å². The highest BCUT2D eigenvalue weighted by atomic mass is 16.5. The van der Waals surface area contributed by atoms with Crippen molar-refractivity contribution in [1.82, 2.24) is 10.3 Å². The summed E-state index contributed by atoms with van der Waals surface area (Å²) in [6, 6.07) is 12.0. The number of hydrogen-bond donors (Lipinski definition) is 2. The number of anilines is 2. The molecule has 1 unspecified atom stereocenters. The minimum atomic E-state index is -0.335. The number of benzene rings is 1. The summed E-state index contributed by atoms with van der Waals surface area (Å²) in [6.07, 6.45) is 3.40. The zero-order valence-electron chi connectivity index (χ0n) is 18.1. The second-order valence-electron chi connectivity index (χ2n) is 7.38. The van der Waals surface area contributed by atoms with E-state index >= 15 is 0 Å². The molecule has 2 N–H and O–H groups in total. The van der Waals surface area contributed by atoms with Crippen LogP contribution in [0.3, 0.4) is 0 Å². The van der Waals surface area contributed by atoms with Crippen molar-refractivity contribution in [2.45, 2.75) is 31.8 Å². The molecule has 0 bridgehead atoms. The molecule has 1 aliphatic rings. The molecular formula is C23H28N4O5. The van der Waals surface area contributed by atoms with Crippen molar-refractivity contribution in [3.8, 4) is 5.75 Å². The minimum Gasteiger partial charge on any atom is -0.497 e. The van der Waals surface area contributed by atoms with Crippen LogP contribution in [-0.2, 0) is 19.1 Å². The molecule has 1 aromatic carbocycles. The van der Waals surface area contributed by atoms with E-state index in [-0.39, 0.29) is 43.2 Å². The van der Waals surface area contributed by atoms with Gasteiger partial charge >= 0.3 is 0 Å². The maximum Gasteiger partial charge on any atom is 0.240 e. The molecule has 170 valence electrons. The summed E-state index contributed by atoms with van der Waals surface area (Å²) in [7, 11) is 1.55. The Labute approximate surface area is 187 Å². The van der Waals surface area contributed by atoms with Gasteiger partial charge in [0.25, 0.3) is 0 Å². The topological polar surface area (TPSA) is 110 Å². The lowest BCUT2D eigenvalue weighted by Crippen LogP contribution is -2.43. The lowest BCUT2D eigenvalue weighted by atomic mass is 10.2. The largest absolute Gasteiger partial charge is 0.497 e.